The summed E-state index contributed by atoms with van der Waals surface area (Å²) in [5, 5.41) is 6.17. The summed E-state index contributed by atoms with van der Waals surface area (Å²) in [7, 11) is 0. The highest BCUT2D eigenvalue weighted by atomic mass is 16.8. The summed E-state index contributed by atoms with van der Waals surface area (Å²) >= 11 is 0. The van der Waals surface area contributed by atoms with E-state index in [0.29, 0.717) is 5.92 Å². The molecule has 0 aliphatic carbocycles. The lowest BCUT2D eigenvalue weighted by Gasteiger charge is -2.27. The third-order valence-electron chi connectivity index (χ3n) is 9.39. The fourth-order valence-corrected chi connectivity index (χ4v) is 6.96. The van der Waals surface area contributed by atoms with Gasteiger partial charge in [-0.25, -0.2) is 4.98 Å². The van der Waals surface area contributed by atoms with Crippen molar-refractivity contribution in [3.63, 3.8) is 0 Å². The zero-order chi connectivity index (χ0) is 33.6. The Morgan fingerprint density at radius 2 is 1.14 bits per heavy atom. The molecule has 0 bridgehead atoms. The Hall–Kier alpha value is -6.37. The molecule has 0 N–H and O–H groups in total. The molecule has 1 aliphatic heterocycles. The molecule has 6 heteroatoms. The van der Waals surface area contributed by atoms with Gasteiger partial charge in [-0.2, -0.15) is 10.1 Å². The summed E-state index contributed by atoms with van der Waals surface area (Å²) in [5.41, 5.74) is 10.4. The number of anilines is 7. The van der Waals surface area contributed by atoms with Crippen LogP contribution in [0.5, 0.6) is 0 Å². The SMILES string of the molecule is CC(C)c1ccnc(-n2c3ccccc3c3ccc(N(c4ccccc4)c4cccc(N5ON(c6ccccc6)c6ccccc65)c4)cc32)c1. The summed E-state index contributed by atoms with van der Waals surface area (Å²) in [6.07, 6.45) is 1.92. The number of hydrogen-bond acceptors (Lipinski definition) is 5. The second-order valence-corrected chi connectivity index (χ2v) is 12.8. The summed E-state index contributed by atoms with van der Waals surface area (Å²) in [5.74, 6) is 1.31. The maximum atomic E-state index is 6.57. The van der Waals surface area contributed by atoms with Gasteiger partial charge in [-0.05, 0) is 96.4 Å². The third kappa shape index (κ3) is 5.05. The van der Waals surface area contributed by atoms with Crippen molar-refractivity contribution in [1.82, 2.24) is 9.55 Å². The first kappa shape index (κ1) is 29.7. The van der Waals surface area contributed by atoms with Gasteiger partial charge < -0.3 is 4.90 Å². The Labute approximate surface area is 291 Å². The summed E-state index contributed by atoms with van der Waals surface area (Å²) < 4.78 is 2.30. The maximum absolute atomic E-state index is 6.57. The Kier molecular flexibility index (Phi) is 7.29. The molecule has 0 amide bonds. The van der Waals surface area contributed by atoms with Gasteiger partial charge in [0.25, 0.3) is 0 Å². The normalized spacial score (nSPS) is 12.6. The topological polar surface area (TPSA) is 36.8 Å². The molecule has 0 atom stereocenters. The highest BCUT2D eigenvalue weighted by Crippen LogP contribution is 2.46. The number of fused-ring (bicyclic) bond motifs is 4. The molecule has 3 heterocycles. The number of benzene rings is 6. The third-order valence-corrected chi connectivity index (χ3v) is 9.39. The van der Waals surface area contributed by atoms with Crippen LogP contribution in [-0.4, -0.2) is 9.55 Å². The number of pyridine rings is 1. The van der Waals surface area contributed by atoms with Crippen molar-refractivity contribution in [2.75, 3.05) is 15.0 Å². The first-order valence-electron chi connectivity index (χ1n) is 17.0. The Morgan fingerprint density at radius 3 is 1.92 bits per heavy atom. The Bertz CT molecular complexity index is 2470. The van der Waals surface area contributed by atoms with Gasteiger partial charge in [-0.1, -0.05) is 92.7 Å². The van der Waals surface area contributed by atoms with Gasteiger partial charge in [0.05, 0.1) is 33.8 Å². The van der Waals surface area contributed by atoms with E-state index < -0.39 is 0 Å². The minimum atomic E-state index is 0.396. The van der Waals surface area contributed by atoms with Crippen molar-refractivity contribution in [3.05, 3.63) is 176 Å². The molecule has 8 aromatic rings. The molecule has 0 saturated carbocycles. The molecule has 9 rings (SSSR count). The van der Waals surface area contributed by atoms with Gasteiger partial charge in [0.1, 0.15) is 5.82 Å². The highest BCUT2D eigenvalue weighted by molar-refractivity contribution is 6.10. The predicted molar refractivity (Wildman–Crippen MR) is 206 cm³/mol. The zero-order valence-corrected chi connectivity index (χ0v) is 27.9. The second kappa shape index (κ2) is 12.3. The quantitative estimate of drug-likeness (QED) is 0.172. The number of para-hydroxylation sites is 5. The number of nitrogens with zero attached hydrogens (tertiary/aromatic N) is 5. The molecule has 0 fully saturated rings. The van der Waals surface area contributed by atoms with Crippen LogP contribution in [0.3, 0.4) is 0 Å². The molecule has 0 spiro atoms. The molecule has 50 heavy (non-hydrogen) atoms. The van der Waals surface area contributed by atoms with E-state index >= 15 is 0 Å². The van der Waals surface area contributed by atoms with Crippen molar-refractivity contribution >= 4 is 61.6 Å². The summed E-state index contributed by atoms with van der Waals surface area (Å²) in [6.45, 7) is 4.44. The van der Waals surface area contributed by atoms with Gasteiger partial charge >= 0.3 is 0 Å². The van der Waals surface area contributed by atoms with Gasteiger partial charge in [0.15, 0.2) is 0 Å². The van der Waals surface area contributed by atoms with Gasteiger partial charge in [0.2, 0.25) is 0 Å². The lowest BCUT2D eigenvalue weighted by molar-refractivity contribution is 0.156. The standard InChI is InChI=1S/C44H35N5O/c1-31(2)32-26-27-45-44(28-32)47-40-21-10-9-20-38(40)39-25-24-36(30-43(39)47)46(33-14-5-3-6-15-33)35-18-13-19-37(29-35)49-42-23-12-11-22-41(42)48(50-49)34-16-7-4-8-17-34/h3-31H,1-2H3. The molecule has 0 unspecified atom stereocenters. The van der Waals surface area contributed by atoms with Gasteiger partial charge in [-0.3, -0.25) is 4.57 Å². The fraction of sp³-hybridized carbons (Fsp3) is 0.0682. The van der Waals surface area contributed by atoms with Crippen molar-refractivity contribution in [3.8, 4) is 5.82 Å². The van der Waals surface area contributed by atoms with Crippen LogP contribution in [0.2, 0.25) is 0 Å². The minimum Gasteiger partial charge on any atom is -0.310 e. The van der Waals surface area contributed by atoms with Crippen LogP contribution in [0.15, 0.2) is 170 Å². The van der Waals surface area contributed by atoms with Crippen molar-refractivity contribution in [2.24, 2.45) is 0 Å². The van der Waals surface area contributed by atoms with E-state index in [1.165, 1.54) is 16.3 Å². The molecule has 0 saturated heterocycles. The minimum absolute atomic E-state index is 0.396. The second-order valence-electron chi connectivity index (χ2n) is 12.8. The smallest absolute Gasteiger partial charge is 0.137 e. The number of hydrogen-bond donors (Lipinski definition) is 0. The first-order valence-corrected chi connectivity index (χ1v) is 17.0. The maximum Gasteiger partial charge on any atom is 0.137 e. The number of rotatable bonds is 7. The van der Waals surface area contributed by atoms with Gasteiger partial charge in [-0.15, -0.1) is 4.94 Å². The lowest BCUT2D eigenvalue weighted by Crippen LogP contribution is -2.21. The summed E-state index contributed by atoms with van der Waals surface area (Å²) in [6, 6.07) is 57.2. The predicted octanol–water partition coefficient (Wildman–Crippen LogP) is 11.9. The van der Waals surface area contributed by atoms with Gasteiger partial charge in [0, 0.05) is 34.0 Å². The van der Waals surface area contributed by atoms with Crippen LogP contribution in [0, 0.1) is 0 Å². The van der Waals surface area contributed by atoms with Crippen molar-refractivity contribution in [2.45, 2.75) is 19.8 Å². The van der Waals surface area contributed by atoms with E-state index in [-0.39, 0.29) is 0 Å². The Morgan fingerprint density at radius 1 is 0.520 bits per heavy atom. The van der Waals surface area contributed by atoms with E-state index in [2.05, 4.69) is 157 Å². The molecule has 6 nitrogen and oxygen atoms in total. The summed E-state index contributed by atoms with van der Waals surface area (Å²) in [4.78, 5) is 13.8. The highest BCUT2D eigenvalue weighted by Gasteiger charge is 2.30. The fourth-order valence-electron chi connectivity index (χ4n) is 6.96. The average molecular weight is 650 g/mol. The molecule has 6 aromatic carbocycles. The van der Waals surface area contributed by atoms with Crippen LogP contribution < -0.4 is 15.0 Å². The van der Waals surface area contributed by atoms with E-state index in [1.807, 2.05) is 46.7 Å². The largest absolute Gasteiger partial charge is 0.310 e. The zero-order valence-electron chi connectivity index (χ0n) is 27.9. The monoisotopic (exact) mass is 649 g/mol. The van der Waals surface area contributed by atoms with Crippen LogP contribution in [0.4, 0.5) is 39.8 Å². The van der Waals surface area contributed by atoms with Crippen molar-refractivity contribution < 1.29 is 4.94 Å². The molecule has 0 radical (unpaired) electrons. The van der Waals surface area contributed by atoms with Crippen LogP contribution >= 0.6 is 0 Å². The van der Waals surface area contributed by atoms with Crippen molar-refractivity contribution in [1.29, 1.82) is 0 Å². The van der Waals surface area contributed by atoms with E-state index in [0.717, 1.165) is 56.7 Å². The molecule has 242 valence electrons. The molecule has 1 aliphatic rings. The first-order chi connectivity index (χ1) is 24.6. The van der Waals surface area contributed by atoms with E-state index in [4.69, 9.17) is 9.92 Å². The number of aromatic nitrogens is 2. The Balaban J connectivity index is 1.19. The average Bonchev–Trinajstić information content (AvgIpc) is 3.72. The molecular formula is C44H35N5O. The van der Waals surface area contributed by atoms with E-state index in [9.17, 15) is 0 Å². The molecule has 2 aromatic heterocycles. The van der Waals surface area contributed by atoms with Crippen LogP contribution in [-0.2, 0) is 4.94 Å². The van der Waals surface area contributed by atoms with E-state index in [1.54, 1.807) is 0 Å². The van der Waals surface area contributed by atoms with Crippen LogP contribution in [0.25, 0.3) is 27.6 Å². The molecular weight excluding hydrogens is 615 g/mol. The van der Waals surface area contributed by atoms with Crippen LogP contribution in [0.1, 0.15) is 25.3 Å². The lowest BCUT2D eigenvalue weighted by atomic mass is 10.1.